The molecule has 0 radical (unpaired) electrons. The number of carbonyl (C=O) groups is 1. The maximum Gasteiger partial charge on any atom is 0.306 e. The molecule has 0 amide bonds. The minimum atomic E-state index is -0.399. The molecule has 1 saturated heterocycles. The summed E-state index contributed by atoms with van der Waals surface area (Å²) >= 11 is 0. The van der Waals surface area contributed by atoms with E-state index >= 15 is 0 Å². The molecule has 2 heterocycles. The molecule has 1 fully saturated rings. The first-order valence-electron chi connectivity index (χ1n) is 12.7. The molecule has 0 saturated carbocycles. The van der Waals surface area contributed by atoms with E-state index in [9.17, 15) is 4.79 Å². The van der Waals surface area contributed by atoms with Gasteiger partial charge in [-0.3, -0.25) is 4.79 Å². The SMILES string of the molecule is CCCCCCCOc1ccc2c(c1)OCC21CCN(CCCC(=O)OC(C)(C)C)CC1. The second kappa shape index (κ2) is 11.4. The Labute approximate surface area is 194 Å². The third-order valence-corrected chi connectivity index (χ3v) is 6.63. The second-order valence-electron chi connectivity index (χ2n) is 10.5. The summed E-state index contributed by atoms with van der Waals surface area (Å²) in [6, 6.07) is 6.44. The molecule has 0 unspecified atom stereocenters. The van der Waals surface area contributed by atoms with E-state index in [0.29, 0.717) is 6.42 Å². The van der Waals surface area contributed by atoms with Crippen LogP contribution in [0.3, 0.4) is 0 Å². The van der Waals surface area contributed by atoms with Crippen molar-refractivity contribution in [1.82, 2.24) is 4.90 Å². The van der Waals surface area contributed by atoms with Gasteiger partial charge in [-0.1, -0.05) is 38.7 Å². The van der Waals surface area contributed by atoms with Gasteiger partial charge in [-0.2, -0.15) is 0 Å². The molecule has 0 bridgehead atoms. The van der Waals surface area contributed by atoms with Crippen molar-refractivity contribution in [3.63, 3.8) is 0 Å². The summed E-state index contributed by atoms with van der Waals surface area (Å²) in [5.41, 5.74) is 1.08. The lowest BCUT2D eigenvalue weighted by Crippen LogP contribution is -2.44. The number of piperidine rings is 1. The summed E-state index contributed by atoms with van der Waals surface area (Å²) < 4.78 is 17.5. The first-order chi connectivity index (χ1) is 15.3. The van der Waals surface area contributed by atoms with Crippen LogP contribution >= 0.6 is 0 Å². The van der Waals surface area contributed by atoms with E-state index in [4.69, 9.17) is 14.2 Å². The molecule has 3 rings (SSSR count). The van der Waals surface area contributed by atoms with Crippen molar-refractivity contribution in [3.05, 3.63) is 23.8 Å². The van der Waals surface area contributed by atoms with Crippen LogP contribution in [0.25, 0.3) is 0 Å². The number of unbranched alkanes of at least 4 members (excludes halogenated alkanes) is 4. The number of hydrogen-bond donors (Lipinski definition) is 0. The predicted molar refractivity (Wildman–Crippen MR) is 129 cm³/mol. The van der Waals surface area contributed by atoms with E-state index < -0.39 is 5.60 Å². The van der Waals surface area contributed by atoms with Crippen LogP contribution in [0.4, 0.5) is 0 Å². The van der Waals surface area contributed by atoms with Crippen LogP contribution in [0.5, 0.6) is 11.5 Å². The van der Waals surface area contributed by atoms with Crippen LogP contribution in [0, 0.1) is 0 Å². The van der Waals surface area contributed by atoms with E-state index in [-0.39, 0.29) is 11.4 Å². The molecular weight excluding hydrogens is 402 g/mol. The van der Waals surface area contributed by atoms with Gasteiger partial charge in [-0.05, 0) is 72.2 Å². The Bertz CT molecular complexity index is 732. The van der Waals surface area contributed by atoms with Crippen molar-refractivity contribution in [2.24, 2.45) is 0 Å². The normalized spacial score (nSPS) is 17.8. The minimum Gasteiger partial charge on any atom is -0.493 e. The number of benzene rings is 1. The van der Waals surface area contributed by atoms with E-state index in [0.717, 1.165) is 70.0 Å². The average Bonchev–Trinajstić information content (AvgIpc) is 3.08. The molecule has 5 heteroatoms. The van der Waals surface area contributed by atoms with E-state index in [2.05, 4.69) is 30.0 Å². The van der Waals surface area contributed by atoms with Crippen molar-refractivity contribution in [2.45, 2.75) is 96.5 Å². The van der Waals surface area contributed by atoms with Gasteiger partial charge in [-0.15, -0.1) is 0 Å². The van der Waals surface area contributed by atoms with Gasteiger partial charge < -0.3 is 19.1 Å². The van der Waals surface area contributed by atoms with Crippen LogP contribution in [-0.4, -0.2) is 49.3 Å². The zero-order chi connectivity index (χ0) is 23.0. The molecule has 180 valence electrons. The highest BCUT2D eigenvalue weighted by molar-refractivity contribution is 5.69. The van der Waals surface area contributed by atoms with E-state index in [1.165, 1.54) is 31.2 Å². The van der Waals surface area contributed by atoms with Crippen LogP contribution < -0.4 is 9.47 Å². The molecule has 2 aliphatic rings. The highest BCUT2D eigenvalue weighted by atomic mass is 16.6. The highest BCUT2D eigenvalue weighted by Crippen LogP contribution is 2.46. The molecule has 1 spiro atoms. The third-order valence-electron chi connectivity index (χ3n) is 6.63. The maximum absolute atomic E-state index is 11.9. The summed E-state index contributed by atoms with van der Waals surface area (Å²) in [5.74, 6) is 1.84. The second-order valence-corrected chi connectivity index (χ2v) is 10.5. The summed E-state index contributed by atoms with van der Waals surface area (Å²) in [5, 5.41) is 0. The summed E-state index contributed by atoms with van der Waals surface area (Å²) in [6.07, 6.45) is 9.80. The zero-order valence-electron chi connectivity index (χ0n) is 20.7. The Balaban J connectivity index is 1.42. The van der Waals surface area contributed by atoms with E-state index in [1.807, 2.05) is 20.8 Å². The maximum atomic E-state index is 11.9. The molecule has 1 aromatic carbocycles. The molecule has 2 aliphatic heterocycles. The highest BCUT2D eigenvalue weighted by Gasteiger charge is 2.43. The standard InChI is InChI=1S/C27H43NO4/c1-5-6-7-8-9-19-30-22-12-13-23-24(20-22)31-21-27(23)14-17-28(18-15-27)16-10-11-25(29)32-26(2,3)4/h12-13,20H,5-11,14-19,21H2,1-4H3. The van der Waals surface area contributed by atoms with Crippen LogP contribution in [0.2, 0.25) is 0 Å². The molecular formula is C27H43NO4. The Kier molecular flexibility index (Phi) is 8.87. The summed E-state index contributed by atoms with van der Waals surface area (Å²) in [7, 11) is 0. The van der Waals surface area contributed by atoms with Gasteiger partial charge in [0.25, 0.3) is 0 Å². The molecule has 32 heavy (non-hydrogen) atoms. The van der Waals surface area contributed by atoms with Gasteiger partial charge in [0.2, 0.25) is 0 Å². The quantitative estimate of drug-likeness (QED) is 0.314. The topological polar surface area (TPSA) is 48.0 Å². The Morgan fingerprint density at radius 2 is 1.84 bits per heavy atom. The predicted octanol–water partition coefficient (Wildman–Crippen LogP) is 5.88. The number of fused-ring (bicyclic) bond motifs is 2. The number of likely N-dealkylation sites (tertiary alicyclic amines) is 1. The number of carbonyl (C=O) groups excluding carboxylic acids is 1. The average molecular weight is 446 g/mol. The minimum absolute atomic E-state index is 0.0944. The molecule has 5 nitrogen and oxygen atoms in total. The molecule has 0 N–H and O–H groups in total. The molecule has 0 aliphatic carbocycles. The number of hydrogen-bond acceptors (Lipinski definition) is 5. The van der Waals surface area contributed by atoms with Crippen LogP contribution in [0.15, 0.2) is 18.2 Å². The van der Waals surface area contributed by atoms with Crippen LogP contribution in [0.1, 0.15) is 91.0 Å². The van der Waals surface area contributed by atoms with Gasteiger partial charge in [0, 0.05) is 23.5 Å². The lowest BCUT2D eigenvalue weighted by molar-refractivity contribution is -0.155. The molecule has 0 aromatic heterocycles. The Hall–Kier alpha value is -1.75. The fraction of sp³-hybridized carbons (Fsp3) is 0.741. The number of rotatable bonds is 11. The summed E-state index contributed by atoms with van der Waals surface area (Å²) in [6.45, 7) is 12.6. The third kappa shape index (κ3) is 7.13. The van der Waals surface area contributed by atoms with Crippen molar-refractivity contribution in [1.29, 1.82) is 0 Å². The van der Waals surface area contributed by atoms with Crippen molar-refractivity contribution < 1.29 is 19.0 Å². The van der Waals surface area contributed by atoms with Crippen molar-refractivity contribution in [2.75, 3.05) is 32.8 Å². The van der Waals surface area contributed by atoms with E-state index in [1.54, 1.807) is 0 Å². The smallest absolute Gasteiger partial charge is 0.306 e. The molecule has 0 atom stereocenters. The largest absolute Gasteiger partial charge is 0.493 e. The number of esters is 1. The fourth-order valence-corrected chi connectivity index (χ4v) is 4.80. The fourth-order valence-electron chi connectivity index (χ4n) is 4.80. The van der Waals surface area contributed by atoms with Gasteiger partial charge >= 0.3 is 5.97 Å². The van der Waals surface area contributed by atoms with Gasteiger partial charge in [-0.25, -0.2) is 0 Å². The zero-order valence-corrected chi connectivity index (χ0v) is 20.7. The Morgan fingerprint density at radius 3 is 2.56 bits per heavy atom. The van der Waals surface area contributed by atoms with Gasteiger partial charge in [0.15, 0.2) is 0 Å². The van der Waals surface area contributed by atoms with Gasteiger partial charge in [0.1, 0.15) is 17.1 Å². The summed E-state index contributed by atoms with van der Waals surface area (Å²) in [4.78, 5) is 14.4. The monoisotopic (exact) mass is 445 g/mol. The van der Waals surface area contributed by atoms with Crippen molar-refractivity contribution in [3.8, 4) is 11.5 Å². The number of ether oxygens (including phenoxy) is 3. The van der Waals surface area contributed by atoms with Gasteiger partial charge in [0.05, 0.1) is 13.2 Å². The first kappa shape index (κ1) is 24.9. The van der Waals surface area contributed by atoms with Crippen molar-refractivity contribution >= 4 is 5.97 Å². The Morgan fingerprint density at radius 1 is 1.09 bits per heavy atom. The number of nitrogens with zero attached hydrogens (tertiary/aromatic N) is 1. The first-order valence-corrected chi connectivity index (χ1v) is 12.7. The molecule has 1 aromatic rings. The van der Waals surface area contributed by atoms with Crippen LogP contribution in [-0.2, 0) is 14.9 Å². The lowest BCUT2D eigenvalue weighted by atomic mass is 9.74. The lowest BCUT2D eigenvalue weighted by Gasteiger charge is -2.38.